The first-order chi connectivity index (χ1) is 10.5. The summed E-state index contributed by atoms with van der Waals surface area (Å²) in [6.07, 6.45) is 0. The van der Waals surface area contributed by atoms with Crippen LogP contribution in [0.5, 0.6) is 11.5 Å². The summed E-state index contributed by atoms with van der Waals surface area (Å²) in [5, 5.41) is 0. The van der Waals surface area contributed by atoms with Gasteiger partial charge in [0.15, 0.2) is 11.5 Å². The average molecular weight is 298 g/mol. The molecule has 0 aliphatic carbocycles. The van der Waals surface area contributed by atoms with Crippen LogP contribution in [0.4, 0.5) is 0 Å². The molecule has 0 N–H and O–H groups in total. The van der Waals surface area contributed by atoms with E-state index < -0.39 is 5.97 Å². The molecule has 0 saturated carbocycles. The van der Waals surface area contributed by atoms with Crippen LogP contribution < -0.4 is 9.47 Å². The van der Waals surface area contributed by atoms with Gasteiger partial charge in [-0.15, -0.1) is 0 Å². The summed E-state index contributed by atoms with van der Waals surface area (Å²) in [6, 6.07) is 13.7. The van der Waals surface area contributed by atoms with E-state index in [4.69, 9.17) is 9.47 Å². The molecular formula is C18H18O4. The quantitative estimate of drug-likeness (QED) is 0.637. The molecule has 0 spiro atoms. The number of hydrogen-bond donors (Lipinski definition) is 0. The molecule has 2 aromatic rings. The van der Waals surface area contributed by atoms with Crippen LogP contribution in [0.2, 0.25) is 0 Å². The summed E-state index contributed by atoms with van der Waals surface area (Å²) in [4.78, 5) is 23.8. The normalized spacial score (nSPS) is 10.4. The van der Waals surface area contributed by atoms with Crippen LogP contribution in [0.1, 0.15) is 29.8 Å². The van der Waals surface area contributed by atoms with Crippen molar-refractivity contribution >= 4 is 11.9 Å². The number of esters is 2. The number of ether oxygens (including phenoxy) is 2. The second-order valence-electron chi connectivity index (χ2n) is 5.28. The highest BCUT2D eigenvalue weighted by atomic mass is 16.6. The van der Waals surface area contributed by atoms with Crippen LogP contribution in [0, 0.1) is 12.8 Å². The first kappa shape index (κ1) is 15.8. The van der Waals surface area contributed by atoms with Crippen LogP contribution in [0.15, 0.2) is 48.5 Å². The van der Waals surface area contributed by atoms with Gasteiger partial charge < -0.3 is 9.47 Å². The highest BCUT2D eigenvalue weighted by Gasteiger charge is 2.16. The minimum Gasteiger partial charge on any atom is -0.422 e. The lowest BCUT2D eigenvalue weighted by Gasteiger charge is -2.11. The first-order valence-corrected chi connectivity index (χ1v) is 7.07. The summed E-state index contributed by atoms with van der Waals surface area (Å²) in [6.45, 7) is 5.42. The van der Waals surface area contributed by atoms with Gasteiger partial charge in [0.2, 0.25) is 0 Å². The Kier molecular flexibility index (Phi) is 4.94. The van der Waals surface area contributed by atoms with E-state index in [1.165, 1.54) is 0 Å². The molecule has 0 atom stereocenters. The topological polar surface area (TPSA) is 52.6 Å². The fourth-order valence-corrected chi connectivity index (χ4v) is 1.69. The van der Waals surface area contributed by atoms with Gasteiger partial charge in [-0.05, 0) is 31.2 Å². The second-order valence-corrected chi connectivity index (χ2v) is 5.28. The third-order valence-corrected chi connectivity index (χ3v) is 3.02. The van der Waals surface area contributed by atoms with Gasteiger partial charge >= 0.3 is 11.9 Å². The number of hydrogen-bond acceptors (Lipinski definition) is 4. The molecule has 2 rings (SSSR count). The third kappa shape index (κ3) is 3.95. The Labute approximate surface area is 129 Å². The van der Waals surface area contributed by atoms with Gasteiger partial charge in [0.1, 0.15) is 0 Å². The summed E-state index contributed by atoms with van der Waals surface area (Å²) in [5.74, 6) is -0.670. The molecule has 0 saturated heterocycles. The monoisotopic (exact) mass is 298 g/mol. The van der Waals surface area contributed by atoms with Gasteiger partial charge in [0, 0.05) is 0 Å². The predicted octanol–water partition coefficient (Wildman–Crippen LogP) is 3.78. The zero-order valence-corrected chi connectivity index (χ0v) is 12.8. The maximum atomic E-state index is 12.1. The van der Waals surface area contributed by atoms with Crippen LogP contribution in [0.25, 0.3) is 0 Å². The molecule has 4 nitrogen and oxygen atoms in total. The molecule has 0 bridgehead atoms. The Morgan fingerprint density at radius 3 is 1.95 bits per heavy atom. The number of rotatable bonds is 4. The van der Waals surface area contributed by atoms with Gasteiger partial charge in [-0.25, -0.2) is 4.79 Å². The van der Waals surface area contributed by atoms with E-state index in [0.29, 0.717) is 5.56 Å². The third-order valence-electron chi connectivity index (χ3n) is 3.02. The van der Waals surface area contributed by atoms with Gasteiger partial charge in [-0.1, -0.05) is 43.7 Å². The maximum absolute atomic E-state index is 12.1. The molecular weight excluding hydrogens is 280 g/mol. The molecule has 0 heterocycles. The molecule has 2 aromatic carbocycles. The molecule has 0 aliphatic rings. The molecule has 22 heavy (non-hydrogen) atoms. The summed E-state index contributed by atoms with van der Waals surface area (Å²) >= 11 is 0. The van der Waals surface area contributed by atoms with Gasteiger partial charge in [-0.2, -0.15) is 0 Å². The average Bonchev–Trinajstić information content (AvgIpc) is 2.49. The lowest BCUT2D eigenvalue weighted by molar-refractivity contribution is -0.137. The van der Waals surface area contributed by atoms with Crippen LogP contribution in [0.3, 0.4) is 0 Å². The summed E-state index contributed by atoms with van der Waals surface area (Å²) < 4.78 is 10.6. The van der Waals surface area contributed by atoms with Gasteiger partial charge in [-0.3, -0.25) is 4.79 Å². The van der Waals surface area contributed by atoms with Crippen LogP contribution in [-0.4, -0.2) is 11.9 Å². The van der Waals surface area contributed by atoms with E-state index in [9.17, 15) is 9.59 Å². The first-order valence-electron chi connectivity index (χ1n) is 7.07. The second kappa shape index (κ2) is 6.89. The van der Waals surface area contributed by atoms with Crippen molar-refractivity contribution in [3.63, 3.8) is 0 Å². The number of para-hydroxylation sites is 2. The lowest BCUT2D eigenvalue weighted by Crippen LogP contribution is -2.16. The Morgan fingerprint density at radius 1 is 0.864 bits per heavy atom. The van der Waals surface area contributed by atoms with Crippen LogP contribution >= 0.6 is 0 Å². The van der Waals surface area contributed by atoms with Gasteiger partial charge in [0.05, 0.1) is 11.5 Å². The van der Waals surface area contributed by atoms with Gasteiger partial charge in [0.25, 0.3) is 0 Å². The van der Waals surface area contributed by atoms with Crippen molar-refractivity contribution in [3.8, 4) is 11.5 Å². The molecule has 0 fully saturated rings. The zero-order valence-electron chi connectivity index (χ0n) is 12.8. The molecule has 0 aromatic heterocycles. The number of benzene rings is 2. The SMILES string of the molecule is Cc1ccc(C(=O)Oc2ccccc2OC(=O)C(C)C)cc1. The van der Waals surface area contributed by atoms with E-state index in [-0.39, 0.29) is 23.4 Å². The van der Waals surface area contributed by atoms with Crippen LogP contribution in [-0.2, 0) is 4.79 Å². The van der Waals surface area contributed by atoms with E-state index >= 15 is 0 Å². The summed E-state index contributed by atoms with van der Waals surface area (Å²) in [5.41, 5.74) is 1.50. The fraction of sp³-hybridized carbons (Fsp3) is 0.222. The smallest absolute Gasteiger partial charge is 0.343 e. The highest BCUT2D eigenvalue weighted by Crippen LogP contribution is 2.28. The van der Waals surface area contributed by atoms with E-state index in [1.54, 1.807) is 50.2 Å². The van der Waals surface area contributed by atoms with E-state index in [2.05, 4.69) is 0 Å². The lowest BCUT2D eigenvalue weighted by atomic mass is 10.1. The largest absolute Gasteiger partial charge is 0.422 e. The van der Waals surface area contributed by atoms with Crippen molar-refractivity contribution in [1.82, 2.24) is 0 Å². The minimum atomic E-state index is -0.493. The molecule has 114 valence electrons. The highest BCUT2D eigenvalue weighted by molar-refractivity contribution is 5.91. The molecule has 0 amide bonds. The number of aryl methyl sites for hydroxylation is 1. The van der Waals surface area contributed by atoms with Crippen molar-refractivity contribution in [2.45, 2.75) is 20.8 Å². The van der Waals surface area contributed by atoms with E-state index in [0.717, 1.165) is 5.56 Å². The Morgan fingerprint density at radius 2 is 1.41 bits per heavy atom. The minimum absolute atomic E-state index is 0.224. The maximum Gasteiger partial charge on any atom is 0.343 e. The molecule has 0 aliphatic heterocycles. The Balaban J connectivity index is 2.17. The Hall–Kier alpha value is -2.62. The van der Waals surface area contributed by atoms with Crippen molar-refractivity contribution < 1.29 is 19.1 Å². The number of carbonyl (C=O) groups excluding carboxylic acids is 2. The predicted molar refractivity (Wildman–Crippen MR) is 83.1 cm³/mol. The van der Waals surface area contributed by atoms with Crippen molar-refractivity contribution in [3.05, 3.63) is 59.7 Å². The summed E-state index contributed by atoms with van der Waals surface area (Å²) in [7, 11) is 0. The fourth-order valence-electron chi connectivity index (χ4n) is 1.69. The van der Waals surface area contributed by atoms with Crippen molar-refractivity contribution in [2.24, 2.45) is 5.92 Å². The standard InChI is InChI=1S/C18H18O4/c1-12(2)17(19)21-15-6-4-5-7-16(15)22-18(20)14-10-8-13(3)9-11-14/h4-12H,1-3H3. The van der Waals surface area contributed by atoms with Crippen molar-refractivity contribution in [2.75, 3.05) is 0 Å². The zero-order chi connectivity index (χ0) is 16.1. The molecule has 0 unspecified atom stereocenters. The molecule has 0 radical (unpaired) electrons. The van der Waals surface area contributed by atoms with Crippen molar-refractivity contribution in [1.29, 1.82) is 0 Å². The number of carbonyl (C=O) groups is 2. The molecule has 4 heteroatoms. The van der Waals surface area contributed by atoms with E-state index in [1.807, 2.05) is 19.1 Å². The Bertz CT molecular complexity index is 672.